The van der Waals surface area contributed by atoms with Crippen LogP contribution in [0.2, 0.25) is 5.15 Å². The molecule has 0 bridgehead atoms. The number of likely N-dealkylation sites (tertiary alicyclic amines) is 1. The number of esters is 1. The van der Waals surface area contributed by atoms with E-state index in [1.165, 1.54) is 44.1 Å². The SMILES string of the molecule is COC(=O)c1sc(NC2CCN(C3CCCC3)C2)nc1Cl. The van der Waals surface area contributed by atoms with Crippen molar-refractivity contribution in [3.63, 3.8) is 0 Å². The second-order valence-corrected chi connectivity index (χ2v) is 7.05. The lowest BCUT2D eigenvalue weighted by Crippen LogP contribution is -2.33. The topological polar surface area (TPSA) is 54.5 Å². The van der Waals surface area contributed by atoms with E-state index in [9.17, 15) is 4.79 Å². The number of hydrogen-bond donors (Lipinski definition) is 1. The Labute approximate surface area is 133 Å². The number of halogens is 1. The van der Waals surface area contributed by atoms with Crippen molar-refractivity contribution in [3.05, 3.63) is 10.0 Å². The summed E-state index contributed by atoms with van der Waals surface area (Å²) in [5, 5.41) is 4.34. The summed E-state index contributed by atoms with van der Waals surface area (Å²) in [5.74, 6) is -0.426. The van der Waals surface area contributed by atoms with Crippen molar-refractivity contribution in [1.82, 2.24) is 9.88 Å². The molecule has 0 aromatic carbocycles. The lowest BCUT2D eigenvalue weighted by molar-refractivity contribution is 0.0606. The summed E-state index contributed by atoms with van der Waals surface area (Å²) < 4.78 is 4.70. The molecule has 0 amide bonds. The molecule has 1 saturated carbocycles. The van der Waals surface area contributed by atoms with Crippen molar-refractivity contribution in [1.29, 1.82) is 0 Å². The highest BCUT2D eigenvalue weighted by Gasteiger charge is 2.30. The number of carbonyl (C=O) groups is 1. The molecule has 0 radical (unpaired) electrons. The van der Waals surface area contributed by atoms with Crippen LogP contribution in [0.25, 0.3) is 0 Å². The quantitative estimate of drug-likeness (QED) is 0.861. The number of anilines is 1. The molecule has 7 heteroatoms. The van der Waals surface area contributed by atoms with Gasteiger partial charge in [0, 0.05) is 25.2 Å². The molecule has 1 aromatic rings. The fraction of sp³-hybridized carbons (Fsp3) is 0.714. The van der Waals surface area contributed by atoms with Gasteiger partial charge in [-0.2, -0.15) is 0 Å². The van der Waals surface area contributed by atoms with Gasteiger partial charge < -0.3 is 10.1 Å². The van der Waals surface area contributed by atoms with Crippen molar-refractivity contribution < 1.29 is 9.53 Å². The molecule has 2 aliphatic rings. The van der Waals surface area contributed by atoms with Crippen molar-refractivity contribution in [2.24, 2.45) is 0 Å². The van der Waals surface area contributed by atoms with Crippen LogP contribution in [0.3, 0.4) is 0 Å². The van der Waals surface area contributed by atoms with Crippen LogP contribution in [0.15, 0.2) is 0 Å². The van der Waals surface area contributed by atoms with E-state index < -0.39 is 5.97 Å². The molecule has 2 heterocycles. The summed E-state index contributed by atoms with van der Waals surface area (Å²) >= 11 is 7.25. The van der Waals surface area contributed by atoms with Gasteiger partial charge in [-0.25, -0.2) is 9.78 Å². The maximum Gasteiger partial charge on any atom is 0.351 e. The van der Waals surface area contributed by atoms with E-state index in [2.05, 4.69) is 15.2 Å². The van der Waals surface area contributed by atoms with Crippen molar-refractivity contribution in [2.45, 2.75) is 44.2 Å². The summed E-state index contributed by atoms with van der Waals surface area (Å²) in [5.41, 5.74) is 0. The van der Waals surface area contributed by atoms with Crippen molar-refractivity contribution >= 4 is 34.0 Å². The lowest BCUT2D eigenvalue weighted by Gasteiger charge is -2.23. The highest BCUT2D eigenvalue weighted by Crippen LogP contribution is 2.31. The van der Waals surface area contributed by atoms with Crippen LogP contribution in [0.4, 0.5) is 5.13 Å². The third-order valence-electron chi connectivity index (χ3n) is 4.34. The van der Waals surface area contributed by atoms with Gasteiger partial charge in [-0.05, 0) is 19.3 Å². The molecule has 5 nitrogen and oxygen atoms in total. The maximum atomic E-state index is 11.5. The Morgan fingerprint density at radius 3 is 2.90 bits per heavy atom. The van der Waals surface area contributed by atoms with E-state index in [1.807, 2.05) is 0 Å². The van der Waals surface area contributed by atoms with Crippen LogP contribution in [0, 0.1) is 0 Å². The molecular formula is C14H20ClN3O2S. The molecule has 1 atom stereocenters. The van der Waals surface area contributed by atoms with Crippen molar-refractivity contribution in [2.75, 3.05) is 25.5 Å². The average molecular weight is 330 g/mol. The predicted molar refractivity (Wildman–Crippen MR) is 84.3 cm³/mol. The first-order chi connectivity index (χ1) is 10.2. The Kier molecular flexibility index (Phi) is 4.66. The van der Waals surface area contributed by atoms with Gasteiger partial charge in [-0.15, -0.1) is 0 Å². The molecule has 1 aliphatic carbocycles. The zero-order valence-corrected chi connectivity index (χ0v) is 13.7. The molecule has 21 heavy (non-hydrogen) atoms. The van der Waals surface area contributed by atoms with E-state index in [-0.39, 0.29) is 5.15 Å². The summed E-state index contributed by atoms with van der Waals surface area (Å²) in [6, 6.07) is 1.15. The third-order valence-corrected chi connectivity index (χ3v) is 5.70. The minimum atomic E-state index is -0.426. The summed E-state index contributed by atoms with van der Waals surface area (Å²) in [6.45, 7) is 2.20. The summed E-state index contributed by atoms with van der Waals surface area (Å²) in [7, 11) is 1.35. The number of aromatic nitrogens is 1. The number of methoxy groups -OCH3 is 1. The Morgan fingerprint density at radius 2 is 2.19 bits per heavy atom. The van der Waals surface area contributed by atoms with E-state index >= 15 is 0 Å². The number of nitrogens with zero attached hydrogens (tertiary/aromatic N) is 2. The number of nitrogens with one attached hydrogen (secondary N) is 1. The molecule has 0 spiro atoms. The zero-order valence-electron chi connectivity index (χ0n) is 12.1. The molecule has 116 valence electrons. The number of hydrogen-bond acceptors (Lipinski definition) is 6. The smallest absolute Gasteiger partial charge is 0.351 e. The van der Waals surface area contributed by atoms with Gasteiger partial charge in [0.15, 0.2) is 15.2 Å². The van der Waals surface area contributed by atoms with Crippen LogP contribution in [0.5, 0.6) is 0 Å². The number of ether oxygens (including phenoxy) is 1. The molecule has 1 unspecified atom stereocenters. The minimum absolute atomic E-state index is 0.222. The van der Waals surface area contributed by atoms with Crippen molar-refractivity contribution in [3.8, 4) is 0 Å². The number of carbonyl (C=O) groups excluding carboxylic acids is 1. The van der Waals surface area contributed by atoms with Gasteiger partial charge in [0.2, 0.25) is 0 Å². The van der Waals surface area contributed by atoms with Gasteiger partial charge in [-0.3, -0.25) is 4.90 Å². The Balaban J connectivity index is 1.58. The second kappa shape index (κ2) is 6.50. The van der Waals surface area contributed by atoms with Crippen LogP contribution in [0.1, 0.15) is 41.8 Å². The van der Waals surface area contributed by atoms with Gasteiger partial charge in [0.05, 0.1) is 7.11 Å². The Bertz CT molecular complexity index is 516. The van der Waals surface area contributed by atoms with Gasteiger partial charge in [0.1, 0.15) is 0 Å². The Hall–Kier alpha value is -0.850. The number of rotatable bonds is 4. The van der Waals surface area contributed by atoms with Crippen LogP contribution in [-0.4, -0.2) is 48.1 Å². The predicted octanol–water partition coefficient (Wildman–Crippen LogP) is 3.01. The molecule has 1 N–H and O–H groups in total. The molecule has 1 aromatic heterocycles. The highest BCUT2D eigenvalue weighted by molar-refractivity contribution is 7.18. The van der Waals surface area contributed by atoms with Gasteiger partial charge in [0.25, 0.3) is 0 Å². The fourth-order valence-corrected chi connectivity index (χ4v) is 4.44. The summed E-state index contributed by atoms with van der Waals surface area (Å²) in [6.07, 6.45) is 6.51. The van der Waals surface area contributed by atoms with Gasteiger partial charge >= 0.3 is 5.97 Å². The zero-order chi connectivity index (χ0) is 14.8. The van der Waals surface area contributed by atoms with Gasteiger partial charge in [-0.1, -0.05) is 35.8 Å². The molecule has 2 fully saturated rings. The first-order valence-corrected chi connectivity index (χ1v) is 8.62. The maximum absolute atomic E-state index is 11.5. The fourth-order valence-electron chi connectivity index (χ4n) is 3.26. The van der Waals surface area contributed by atoms with Crippen LogP contribution in [-0.2, 0) is 4.74 Å². The standard InChI is InChI=1S/C14H20ClN3O2S/c1-20-13(19)11-12(15)17-14(21-11)16-9-6-7-18(8-9)10-4-2-3-5-10/h9-10H,2-8H2,1H3,(H,16,17). The van der Waals surface area contributed by atoms with E-state index in [0.717, 1.165) is 25.6 Å². The van der Waals surface area contributed by atoms with E-state index in [0.29, 0.717) is 16.1 Å². The first-order valence-electron chi connectivity index (χ1n) is 7.42. The largest absolute Gasteiger partial charge is 0.465 e. The third kappa shape index (κ3) is 3.33. The molecule has 1 saturated heterocycles. The van der Waals surface area contributed by atoms with Crippen LogP contribution >= 0.6 is 22.9 Å². The van der Waals surface area contributed by atoms with Crippen LogP contribution < -0.4 is 5.32 Å². The average Bonchev–Trinajstić information content (AvgIpc) is 3.18. The summed E-state index contributed by atoms with van der Waals surface area (Å²) in [4.78, 5) is 18.7. The minimum Gasteiger partial charge on any atom is -0.465 e. The lowest BCUT2D eigenvalue weighted by atomic mass is 10.2. The number of thiazole rings is 1. The van der Waals surface area contributed by atoms with E-state index in [4.69, 9.17) is 16.3 Å². The molecular weight excluding hydrogens is 310 g/mol. The molecule has 1 aliphatic heterocycles. The second-order valence-electron chi connectivity index (χ2n) is 5.69. The Morgan fingerprint density at radius 1 is 1.43 bits per heavy atom. The molecule has 3 rings (SSSR count). The first kappa shape index (κ1) is 15.1. The highest BCUT2D eigenvalue weighted by atomic mass is 35.5. The van der Waals surface area contributed by atoms with E-state index in [1.54, 1.807) is 0 Å². The normalized spacial score (nSPS) is 23.6. The monoisotopic (exact) mass is 329 g/mol.